The summed E-state index contributed by atoms with van der Waals surface area (Å²) in [6.07, 6.45) is 1.52. The summed E-state index contributed by atoms with van der Waals surface area (Å²) in [4.78, 5) is 37.3. The minimum atomic E-state index is -0.962. The van der Waals surface area contributed by atoms with Crippen molar-refractivity contribution in [2.24, 2.45) is 0 Å². The van der Waals surface area contributed by atoms with E-state index in [1.54, 1.807) is 11.0 Å². The first-order valence-corrected chi connectivity index (χ1v) is 6.62. The lowest BCUT2D eigenvalue weighted by molar-refractivity contribution is -0.141. The molecule has 20 heavy (non-hydrogen) atoms. The van der Waals surface area contributed by atoms with Crippen LogP contribution in [-0.4, -0.2) is 72.0 Å². The van der Waals surface area contributed by atoms with Crippen LogP contribution in [0.1, 0.15) is 12.8 Å². The highest BCUT2D eigenvalue weighted by atomic mass is 16.4. The number of aliphatic carboxylic acids is 1. The molecule has 0 aromatic heterocycles. The first-order chi connectivity index (χ1) is 9.52. The van der Waals surface area contributed by atoms with E-state index in [1.165, 1.54) is 0 Å². The lowest BCUT2D eigenvalue weighted by Gasteiger charge is -2.34. The highest BCUT2D eigenvalue weighted by molar-refractivity contribution is 5.81. The summed E-state index contributed by atoms with van der Waals surface area (Å²) in [5, 5.41) is 11.2. The van der Waals surface area contributed by atoms with Crippen LogP contribution in [0.4, 0.5) is 0 Å². The van der Waals surface area contributed by atoms with Gasteiger partial charge in [-0.25, -0.2) is 0 Å². The minimum absolute atomic E-state index is 0.0369. The van der Waals surface area contributed by atoms with Crippen LogP contribution < -0.4 is 5.32 Å². The summed E-state index contributed by atoms with van der Waals surface area (Å²) in [6.45, 7) is 6.61. The molecule has 0 aromatic rings. The number of hydrogen-bond acceptors (Lipinski definition) is 4. The van der Waals surface area contributed by atoms with E-state index in [0.717, 1.165) is 0 Å². The normalized spacial score (nSPS) is 15.7. The molecule has 1 aliphatic heterocycles. The molecule has 7 heteroatoms. The Kier molecular flexibility index (Phi) is 6.72. The van der Waals surface area contributed by atoms with Gasteiger partial charge in [0.25, 0.3) is 0 Å². The van der Waals surface area contributed by atoms with Gasteiger partial charge in [-0.2, -0.15) is 0 Å². The van der Waals surface area contributed by atoms with Gasteiger partial charge in [-0.1, -0.05) is 6.08 Å². The summed E-state index contributed by atoms with van der Waals surface area (Å²) in [5.41, 5.74) is 0. The van der Waals surface area contributed by atoms with Crippen molar-refractivity contribution in [2.75, 3.05) is 39.3 Å². The number of carboxylic acid groups (broad SMARTS) is 1. The van der Waals surface area contributed by atoms with Gasteiger partial charge in [0.1, 0.15) is 0 Å². The Morgan fingerprint density at radius 1 is 1.15 bits per heavy atom. The molecule has 7 nitrogen and oxygen atoms in total. The van der Waals surface area contributed by atoms with Gasteiger partial charge in [-0.15, -0.1) is 6.58 Å². The summed E-state index contributed by atoms with van der Waals surface area (Å²) in [5.74, 6) is -1.16. The maximum absolute atomic E-state index is 11.7. The van der Waals surface area contributed by atoms with Crippen molar-refractivity contribution >= 4 is 17.8 Å². The van der Waals surface area contributed by atoms with E-state index < -0.39 is 5.97 Å². The topological polar surface area (TPSA) is 90.0 Å². The average Bonchev–Trinajstić information content (AvgIpc) is 2.43. The Morgan fingerprint density at radius 2 is 1.80 bits per heavy atom. The standard InChI is InChI=1S/C13H21N3O4/c1-2-5-14-11(17)10-15-6-8-16(9-7-15)12(18)3-4-13(19)20/h2H,1,3-10H2,(H,14,17)(H,19,20). The Morgan fingerprint density at radius 3 is 2.35 bits per heavy atom. The van der Waals surface area contributed by atoms with E-state index in [0.29, 0.717) is 39.3 Å². The number of carboxylic acids is 1. The Bertz CT molecular complexity index is 376. The molecule has 112 valence electrons. The number of nitrogens with zero attached hydrogens (tertiary/aromatic N) is 2. The van der Waals surface area contributed by atoms with E-state index in [-0.39, 0.29) is 24.7 Å². The maximum atomic E-state index is 11.7. The van der Waals surface area contributed by atoms with Gasteiger partial charge in [0.15, 0.2) is 0 Å². The van der Waals surface area contributed by atoms with Crippen LogP contribution in [0, 0.1) is 0 Å². The van der Waals surface area contributed by atoms with Gasteiger partial charge in [0.05, 0.1) is 13.0 Å². The maximum Gasteiger partial charge on any atom is 0.303 e. The molecule has 1 aliphatic rings. The summed E-state index contributed by atoms with van der Waals surface area (Å²) in [6, 6.07) is 0. The summed E-state index contributed by atoms with van der Waals surface area (Å²) < 4.78 is 0. The predicted molar refractivity (Wildman–Crippen MR) is 73.1 cm³/mol. The van der Waals surface area contributed by atoms with Crippen molar-refractivity contribution in [1.82, 2.24) is 15.1 Å². The van der Waals surface area contributed by atoms with E-state index in [4.69, 9.17) is 5.11 Å². The number of carbonyl (C=O) groups excluding carboxylic acids is 2. The first kappa shape index (κ1) is 16.2. The number of hydrogen-bond donors (Lipinski definition) is 2. The van der Waals surface area contributed by atoms with Gasteiger partial charge in [-0.3, -0.25) is 19.3 Å². The smallest absolute Gasteiger partial charge is 0.303 e. The molecule has 0 aromatic carbocycles. The van der Waals surface area contributed by atoms with Gasteiger partial charge >= 0.3 is 5.97 Å². The van der Waals surface area contributed by atoms with Crippen LogP contribution in [0.15, 0.2) is 12.7 Å². The Labute approximate surface area is 118 Å². The third-order valence-electron chi connectivity index (χ3n) is 3.09. The van der Waals surface area contributed by atoms with Crippen molar-refractivity contribution in [3.63, 3.8) is 0 Å². The van der Waals surface area contributed by atoms with Crippen LogP contribution in [-0.2, 0) is 14.4 Å². The van der Waals surface area contributed by atoms with Crippen molar-refractivity contribution in [3.05, 3.63) is 12.7 Å². The lowest BCUT2D eigenvalue weighted by atomic mass is 10.2. The van der Waals surface area contributed by atoms with E-state index in [9.17, 15) is 14.4 Å². The molecule has 0 unspecified atom stereocenters. The molecule has 0 spiro atoms. The van der Waals surface area contributed by atoms with Gasteiger partial charge in [-0.05, 0) is 0 Å². The van der Waals surface area contributed by atoms with E-state index >= 15 is 0 Å². The van der Waals surface area contributed by atoms with Gasteiger partial charge in [0.2, 0.25) is 11.8 Å². The minimum Gasteiger partial charge on any atom is -0.481 e. The molecule has 1 rings (SSSR count). The van der Waals surface area contributed by atoms with Crippen LogP contribution in [0.5, 0.6) is 0 Å². The molecule has 0 aliphatic carbocycles. The second-order valence-corrected chi connectivity index (χ2v) is 4.64. The second-order valence-electron chi connectivity index (χ2n) is 4.64. The monoisotopic (exact) mass is 283 g/mol. The summed E-state index contributed by atoms with van der Waals surface area (Å²) in [7, 11) is 0. The molecule has 0 saturated carbocycles. The molecule has 1 saturated heterocycles. The van der Waals surface area contributed by atoms with Gasteiger partial charge < -0.3 is 15.3 Å². The van der Waals surface area contributed by atoms with E-state index in [1.807, 2.05) is 4.90 Å². The van der Waals surface area contributed by atoms with Crippen molar-refractivity contribution < 1.29 is 19.5 Å². The predicted octanol–water partition coefficient (Wildman–Crippen LogP) is -0.702. The number of nitrogens with one attached hydrogen (secondary N) is 1. The van der Waals surface area contributed by atoms with Gasteiger partial charge in [0, 0.05) is 39.1 Å². The molecule has 2 amide bonds. The molecule has 0 bridgehead atoms. The Hall–Kier alpha value is -1.89. The third-order valence-corrected chi connectivity index (χ3v) is 3.09. The summed E-state index contributed by atoms with van der Waals surface area (Å²) >= 11 is 0. The zero-order chi connectivity index (χ0) is 15.0. The molecule has 1 fully saturated rings. The average molecular weight is 283 g/mol. The quantitative estimate of drug-likeness (QED) is 0.603. The SMILES string of the molecule is C=CCNC(=O)CN1CCN(C(=O)CCC(=O)O)CC1. The fraction of sp³-hybridized carbons (Fsp3) is 0.615. The van der Waals surface area contributed by atoms with Crippen molar-refractivity contribution in [2.45, 2.75) is 12.8 Å². The molecular formula is C13H21N3O4. The van der Waals surface area contributed by atoms with Crippen LogP contribution in [0.3, 0.4) is 0 Å². The number of rotatable bonds is 7. The second kappa shape index (κ2) is 8.31. The largest absolute Gasteiger partial charge is 0.481 e. The molecule has 2 N–H and O–H groups in total. The highest BCUT2D eigenvalue weighted by Gasteiger charge is 2.22. The third kappa shape index (κ3) is 5.83. The zero-order valence-electron chi connectivity index (χ0n) is 11.5. The molecular weight excluding hydrogens is 262 g/mol. The van der Waals surface area contributed by atoms with Crippen LogP contribution in [0.2, 0.25) is 0 Å². The van der Waals surface area contributed by atoms with Crippen molar-refractivity contribution in [3.8, 4) is 0 Å². The van der Waals surface area contributed by atoms with Crippen LogP contribution >= 0.6 is 0 Å². The van der Waals surface area contributed by atoms with Crippen LogP contribution in [0.25, 0.3) is 0 Å². The fourth-order valence-corrected chi connectivity index (χ4v) is 1.97. The molecule has 0 atom stereocenters. The number of piperazine rings is 1. The lowest BCUT2D eigenvalue weighted by Crippen LogP contribution is -2.51. The number of carbonyl (C=O) groups is 3. The van der Waals surface area contributed by atoms with E-state index in [2.05, 4.69) is 11.9 Å². The highest BCUT2D eigenvalue weighted by Crippen LogP contribution is 2.05. The zero-order valence-corrected chi connectivity index (χ0v) is 11.5. The van der Waals surface area contributed by atoms with Crippen molar-refractivity contribution in [1.29, 1.82) is 0 Å². The molecule has 0 radical (unpaired) electrons. The number of amides is 2. The molecule has 1 heterocycles. The fourth-order valence-electron chi connectivity index (χ4n) is 1.97. The first-order valence-electron chi connectivity index (χ1n) is 6.62. The Balaban J connectivity index is 2.25.